The Morgan fingerprint density at radius 3 is 3.20 bits per heavy atom. The van der Waals surface area contributed by atoms with Crippen LogP contribution in [-0.4, -0.2) is 28.1 Å². The predicted molar refractivity (Wildman–Crippen MR) is 56.8 cm³/mol. The first-order valence-electron chi connectivity index (χ1n) is 5.21. The third-order valence-corrected chi connectivity index (χ3v) is 3.12. The molecular weight excluding hydrogens is 216 g/mol. The smallest absolute Gasteiger partial charge is 0.102 e. The molecule has 1 aromatic heterocycles. The van der Waals surface area contributed by atoms with Crippen LogP contribution in [0.2, 0.25) is 5.02 Å². The van der Waals surface area contributed by atoms with Gasteiger partial charge in [-0.1, -0.05) is 11.6 Å². The normalized spacial score (nSPS) is 23.3. The van der Waals surface area contributed by atoms with Gasteiger partial charge in [0.05, 0.1) is 23.5 Å². The molecular formula is C10H15ClN2O2. The highest BCUT2D eigenvalue weighted by atomic mass is 35.5. The number of hydrogen-bond acceptors (Lipinski definition) is 3. The maximum absolute atomic E-state index is 10.2. The molecule has 1 N–H and O–H groups in total. The molecule has 0 amide bonds. The Hall–Kier alpha value is -0.580. The van der Waals surface area contributed by atoms with Gasteiger partial charge in [-0.2, -0.15) is 5.10 Å². The summed E-state index contributed by atoms with van der Waals surface area (Å²) in [5.74, 6) is 0.143. The number of aliphatic hydroxyl groups is 1. The van der Waals surface area contributed by atoms with E-state index >= 15 is 0 Å². The van der Waals surface area contributed by atoms with E-state index in [-0.39, 0.29) is 5.92 Å². The molecule has 1 saturated heterocycles. The maximum Gasteiger partial charge on any atom is 0.102 e. The fraction of sp³-hybridized carbons (Fsp3) is 0.700. The molecule has 2 heterocycles. The number of nitrogens with zero attached hydrogens (tertiary/aromatic N) is 2. The largest absolute Gasteiger partial charge is 0.386 e. The lowest BCUT2D eigenvalue weighted by molar-refractivity contribution is 0.0847. The number of aryl methyl sites for hydroxylation is 1. The predicted octanol–water partition coefficient (Wildman–Crippen LogP) is 1.63. The third-order valence-electron chi connectivity index (χ3n) is 2.82. The van der Waals surface area contributed by atoms with Crippen molar-refractivity contribution < 1.29 is 9.84 Å². The van der Waals surface area contributed by atoms with Crippen LogP contribution in [0.3, 0.4) is 0 Å². The van der Waals surface area contributed by atoms with Crippen molar-refractivity contribution >= 4 is 11.6 Å². The van der Waals surface area contributed by atoms with Crippen molar-refractivity contribution in [1.29, 1.82) is 0 Å². The van der Waals surface area contributed by atoms with Gasteiger partial charge in [0, 0.05) is 19.1 Å². The lowest BCUT2D eigenvalue weighted by Gasteiger charge is -2.18. The quantitative estimate of drug-likeness (QED) is 0.859. The minimum absolute atomic E-state index is 0.143. The first kappa shape index (κ1) is 10.9. The monoisotopic (exact) mass is 230 g/mol. The number of ether oxygens (including phenoxy) is 1. The van der Waals surface area contributed by atoms with Gasteiger partial charge in [-0.3, -0.25) is 4.68 Å². The van der Waals surface area contributed by atoms with E-state index < -0.39 is 6.10 Å². The van der Waals surface area contributed by atoms with Gasteiger partial charge in [0.1, 0.15) is 6.10 Å². The summed E-state index contributed by atoms with van der Waals surface area (Å²) >= 11 is 6.01. The molecule has 2 unspecified atom stereocenters. The van der Waals surface area contributed by atoms with Crippen molar-refractivity contribution in [2.45, 2.75) is 26.0 Å². The molecule has 0 spiro atoms. The van der Waals surface area contributed by atoms with Crippen molar-refractivity contribution in [2.24, 2.45) is 5.92 Å². The van der Waals surface area contributed by atoms with Gasteiger partial charge >= 0.3 is 0 Å². The molecule has 0 bridgehead atoms. The molecule has 15 heavy (non-hydrogen) atoms. The van der Waals surface area contributed by atoms with Gasteiger partial charge < -0.3 is 9.84 Å². The van der Waals surface area contributed by atoms with Gasteiger partial charge in [-0.15, -0.1) is 0 Å². The summed E-state index contributed by atoms with van der Waals surface area (Å²) in [7, 11) is 0. The van der Waals surface area contributed by atoms with Gasteiger partial charge in [0.2, 0.25) is 0 Å². The second-order valence-electron chi connectivity index (χ2n) is 3.76. The van der Waals surface area contributed by atoms with Gasteiger partial charge in [0.25, 0.3) is 0 Å². The Bertz CT molecular complexity index is 334. The summed E-state index contributed by atoms with van der Waals surface area (Å²) in [6.45, 7) is 4.02. The SMILES string of the molecule is CCn1ncc(Cl)c1C(O)C1CCOC1. The summed E-state index contributed by atoms with van der Waals surface area (Å²) in [4.78, 5) is 0. The van der Waals surface area contributed by atoms with E-state index in [0.29, 0.717) is 18.2 Å². The van der Waals surface area contributed by atoms with Crippen LogP contribution in [0.1, 0.15) is 25.1 Å². The summed E-state index contributed by atoms with van der Waals surface area (Å²) in [6, 6.07) is 0. The number of halogens is 1. The molecule has 0 radical (unpaired) electrons. The van der Waals surface area contributed by atoms with Crippen LogP contribution in [-0.2, 0) is 11.3 Å². The van der Waals surface area contributed by atoms with Crippen LogP contribution < -0.4 is 0 Å². The lowest BCUT2D eigenvalue weighted by atomic mass is 9.99. The van der Waals surface area contributed by atoms with E-state index in [2.05, 4.69) is 5.10 Å². The second-order valence-corrected chi connectivity index (χ2v) is 4.17. The van der Waals surface area contributed by atoms with Crippen LogP contribution in [0.5, 0.6) is 0 Å². The van der Waals surface area contributed by atoms with Crippen LogP contribution in [0, 0.1) is 5.92 Å². The Morgan fingerprint density at radius 2 is 2.60 bits per heavy atom. The van der Waals surface area contributed by atoms with Crippen LogP contribution >= 0.6 is 11.6 Å². The van der Waals surface area contributed by atoms with Crippen molar-refractivity contribution in [1.82, 2.24) is 9.78 Å². The topological polar surface area (TPSA) is 47.3 Å². The van der Waals surface area contributed by atoms with Crippen molar-refractivity contribution in [3.8, 4) is 0 Å². The molecule has 0 aliphatic carbocycles. The minimum Gasteiger partial charge on any atom is -0.386 e. The Morgan fingerprint density at radius 1 is 1.80 bits per heavy atom. The first-order chi connectivity index (χ1) is 7.24. The number of hydrogen-bond donors (Lipinski definition) is 1. The molecule has 0 saturated carbocycles. The van der Waals surface area contributed by atoms with E-state index in [9.17, 15) is 5.11 Å². The highest BCUT2D eigenvalue weighted by molar-refractivity contribution is 6.31. The average Bonchev–Trinajstić information content (AvgIpc) is 2.85. The van der Waals surface area contributed by atoms with Crippen molar-refractivity contribution in [3.63, 3.8) is 0 Å². The molecule has 4 nitrogen and oxygen atoms in total. The summed E-state index contributed by atoms with van der Waals surface area (Å²) in [6.07, 6.45) is 1.90. The van der Waals surface area contributed by atoms with Gasteiger partial charge in [0.15, 0.2) is 0 Å². The lowest BCUT2D eigenvalue weighted by Crippen LogP contribution is -2.17. The van der Waals surface area contributed by atoms with Crippen LogP contribution in [0.25, 0.3) is 0 Å². The molecule has 1 aromatic rings. The van der Waals surface area contributed by atoms with E-state index in [1.165, 1.54) is 0 Å². The summed E-state index contributed by atoms with van der Waals surface area (Å²) < 4.78 is 7.00. The van der Waals surface area contributed by atoms with E-state index in [0.717, 1.165) is 18.7 Å². The highest BCUT2D eigenvalue weighted by Gasteiger charge is 2.29. The molecule has 84 valence electrons. The van der Waals surface area contributed by atoms with Crippen LogP contribution in [0.4, 0.5) is 0 Å². The Balaban J connectivity index is 2.22. The zero-order valence-corrected chi connectivity index (χ0v) is 9.44. The fourth-order valence-electron chi connectivity index (χ4n) is 1.94. The Labute approximate surface area is 93.8 Å². The van der Waals surface area contributed by atoms with E-state index in [1.54, 1.807) is 10.9 Å². The minimum atomic E-state index is -0.567. The number of rotatable bonds is 3. The zero-order valence-electron chi connectivity index (χ0n) is 8.69. The number of aliphatic hydroxyl groups excluding tert-OH is 1. The standard InChI is InChI=1S/C10H15ClN2O2/c1-2-13-9(8(11)5-12-13)10(14)7-3-4-15-6-7/h5,7,10,14H,2-4,6H2,1H3. The van der Waals surface area contributed by atoms with Crippen LogP contribution in [0.15, 0.2) is 6.20 Å². The second kappa shape index (κ2) is 4.51. The summed E-state index contributed by atoms with van der Waals surface area (Å²) in [5.41, 5.74) is 0.717. The molecule has 1 aliphatic heterocycles. The van der Waals surface area contributed by atoms with Gasteiger partial charge in [-0.25, -0.2) is 0 Å². The zero-order chi connectivity index (χ0) is 10.8. The van der Waals surface area contributed by atoms with E-state index in [4.69, 9.17) is 16.3 Å². The summed E-state index contributed by atoms with van der Waals surface area (Å²) in [5, 5.41) is 14.8. The molecule has 0 aromatic carbocycles. The molecule has 1 aliphatic rings. The molecule has 2 atom stereocenters. The fourth-order valence-corrected chi connectivity index (χ4v) is 2.20. The first-order valence-corrected chi connectivity index (χ1v) is 5.58. The third kappa shape index (κ3) is 2.02. The Kier molecular flexibility index (Phi) is 3.29. The number of aromatic nitrogens is 2. The molecule has 5 heteroatoms. The molecule has 1 fully saturated rings. The maximum atomic E-state index is 10.2. The van der Waals surface area contributed by atoms with E-state index in [1.807, 2.05) is 6.92 Å². The van der Waals surface area contributed by atoms with Gasteiger partial charge in [-0.05, 0) is 13.3 Å². The molecule has 2 rings (SSSR count). The average molecular weight is 231 g/mol. The van der Waals surface area contributed by atoms with Crippen molar-refractivity contribution in [3.05, 3.63) is 16.9 Å². The highest BCUT2D eigenvalue weighted by Crippen LogP contribution is 2.32. The van der Waals surface area contributed by atoms with Crippen molar-refractivity contribution in [2.75, 3.05) is 13.2 Å².